The quantitative estimate of drug-likeness (QED) is 0.745. The van der Waals surface area contributed by atoms with Crippen LogP contribution in [-0.4, -0.2) is 78.5 Å². The van der Waals surface area contributed by atoms with E-state index in [4.69, 9.17) is 5.11 Å². The van der Waals surface area contributed by atoms with Crippen molar-refractivity contribution >= 4 is 11.8 Å². The summed E-state index contributed by atoms with van der Waals surface area (Å²) in [6.07, 6.45) is 0.853. The maximum atomic E-state index is 13.2. The molecule has 8 heteroatoms. The van der Waals surface area contributed by atoms with Gasteiger partial charge in [0, 0.05) is 39.1 Å². The van der Waals surface area contributed by atoms with Crippen LogP contribution >= 0.6 is 0 Å². The minimum Gasteiger partial charge on any atom is -0.390 e. The molecule has 0 aromatic carbocycles. The third-order valence-corrected chi connectivity index (χ3v) is 4.44. The number of piperidine rings is 1. The Morgan fingerprint density at radius 3 is 2.50 bits per heavy atom. The number of amides is 2. The number of hydrogen-bond acceptors (Lipinski definition) is 4. The molecule has 2 fully saturated rings. The molecule has 0 radical (unpaired) electrons. The Bertz CT molecular complexity index is 427. The number of carbonyl (C=O) groups excluding carboxylic acids is 2. The van der Waals surface area contributed by atoms with Gasteiger partial charge in [0.05, 0.1) is 12.0 Å². The third kappa shape index (κ3) is 3.92. The Kier molecular flexibility index (Phi) is 5.01. The molecule has 22 heavy (non-hydrogen) atoms. The van der Waals surface area contributed by atoms with Crippen molar-refractivity contribution in [1.29, 1.82) is 0 Å². The van der Waals surface area contributed by atoms with E-state index in [1.807, 2.05) is 6.92 Å². The average Bonchev–Trinajstić information content (AvgIpc) is 2.50. The Morgan fingerprint density at radius 2 is 2.00 bits per heavy atom. The van der Waals surface area contributed by atoms with Gasteiger partial charge >= 0.3 is 0 Å². The summed E-state index contributed by atoms with van der Waals surface area (Å²) in [7, 11) is 0. The second-order valence-electron chi connectivity index (χ2n) is 6.42. The number of piperazine rings is 1. The fraction of sp³-hybridized carbons (Fsp3) is 0.857. The number of rotatable bonds is 4. The number of halogens is 2. The lowest BCUT2D eigenvalue weighted by Gasteiger charge is -2.41. The van der Waals surface area contributed by atoms with E-state index in [0.717, 1.165) is 0 Å². The molecule has 0 aromatic heterocycles. The van der Waals surface area contributed by atoms with Crippen molar-refractivity contribution in [2.24, 2.45) is 5.41 Å². The van der Waals surface area contributed by atoms with Crippen LogP contribution < -0.4 is 5.32 Å². The van der Waals surface area contributed by atoms with Crippen molar-refractivity contribution in [1.82, 2.24) is 15.1 Å². The van der Waals surface area contributed by atoms with Crippen LogP contribution in [0.25, 0.3) is 0 Å². The number of hydrogen-bond donors (Lipinski definition) is 2. The zero-order valence-corrected chi connectivity index (χ0v) is 12.8. The summed E-state index contributed by atoms with van der Waals surface area (Å²) in [6, 6.07) is 0. The lowest BCUT2D eigenvalue weighted by Crippen LogP contribution is -2.57. The second kappa shape index (κ2) is 6.45. The molecule has 0 saturated carbocycles. The fourth-order valence-corrected chi connectivity index (χ4v) is 2.91. The molecule has 2 aliphatic rings. The molecule has 6 nitrogen and oxygen atoms in total. The predicted octanol–water partition coefficient (Wildman–Crippen LogP) is -0.325. The monoisotopic (exact) mass is 319 g/mol. The van der Waals surface area contributed by atoms with E-state index in [1.165, 1.54) is 0 Å². The van der Waals surface area contributed by atoms with Crippen molar-refractivity contribution in [3.05, 3.63) is 0 Å². The number of nitrogens with zero attached hydrogens (tertiary/aromatic N) is 2. The number of aliphatic hydroxyl groups excluding tert-OH is 1. The van der Waals surface area contributed by atoms with Gasteiger partial charge in [0.1, 0.15) is 6.61 Å². The number of nitrogens with one attached hydrogen (secondary N) is 1. The highest BCUT2D eigenvalue weighted by molar-refractivity contribution is 5.86. The normalized spacial score (nSPS) is 27.6. The molecule has 0 bridgehead atoms. The lowest BCUT2D eigenvalue weighted by molar-refractivity contribution is -0.146. The van der Waals surface area contributed by atoms with Crippen LogP contribution in [0.1, 0.15) is 19.8 Å². The Balaban J connectivity index is 1.86. The summed E-state index contributed by atoms with van der Waals surface area (Å²) in [5.41, 5.74) is -0.606. The molecule has 1 atom stereocenters. The minimum absolute atomic E-state index is 0.0268. The van der Waals surface area contributed by atoms with Gasteiger partial charge in [-0.25, -0.2) is 8.78 Å². The Hall–Kier alpha value is -1.28. The van der Waals surface area contributed by atoms with Gasteiger partial charge in [0.15, 0.2) is 0 Å². The molecule has 2 aliphatic heterocycles. The van der Waals surface area contributed by atoms with E-state index >= 15 is 0 Å². The Morgan fingerprint density at radius 1 is 1.36 bits per heavy atom. The van der Waals surface area contributed by atoms with Gasteiger partial charge in [-0.3, -0.25) is 14.5 Å². The van der Waals surface area contributed by atoms with Crippen molar-refractivity contribution in [3.63, 3.8) is 0 Å². The van der Waals surface area contributed by atoms with Crippen LogP contribution in [0.5, 0.6) is 0 Å². The second-order valence-corrected chi connectivity index (χ2v) is 6.42. The van der Waals surface area contributed by atoms with E-state index in [0.29, 0.717) is 45.6 Å². The van der Waals surface area contributed by atoms with Crippen molar-refractivity contribution in [2.75, 3.05) is 45.9 Å². The number of alkyl halides is 2. The first kappa shape index (κ1) is 17.1. The third-order valence-electron chi connectivity index (χ3n) is 4.44. The summed E-state index contributed by atoms with van der Waals surface area (Å²) < 4.78 is 26.3. The first-order valence-electron chi connectivity index (χ1n) is 7.53. The minimum atomic E-state index is -3.11. The van der Waals surface area contributed by atoms with Gasteiger partial charge in [-0.15, -0.1) is 0 Å². The van der Waals surface area contributed by atoms with Crippen LogP contribution in [0.2, 0.25) is 0 Å². The molecule has 0 aromatic rings. The maximum absolute atomic E-state index is 13.2. The van der Waals surface area contributed by atoms with E-state index in [9.17, 15) is 18.4 Å². The van der Waals surface area contributed by atoms with Crippen LogP contribution in [0.3, 0.4) is 0 Å². The van der Waals surface area contributed by atoms with Crippen LogP contribution in [0.15, 0.2) is 0 Å². The molecule has 0 aliphatic carbocycles. The standard InChI is InChI=1S/C14H23F2N3O3/c1-13(3-2-11(21)17-8-13)12(22)19-6-4-18(5-7-19)9-14(15,16)10-20/h20H,2-10H2,1H3,(H,17,21). The first-order valence-corrected chi connectivity index (χ1v) is 7.53. The summed E-state index contributed by atoms with van der Waals surface area (Å²) in [5.74, 6) is -3.17. The van der Waals surface area contributed by atoms with Crippen LogP contribution in [0.4, 0.5) is 8.78 Å². The summed E-state index contributed by atoms with van der Waals surface area (Å²) >= 11 is 0. The summed E-state index contributed by atoms with van der Waals surface area (Å²) in [5, 5.41) is 11.3. The zero-order chi connectivity index (χ0) is 16.4. The van der Waals surface area contributed by atoms with Gasteiger partial charge in [-0.1, -0.05) is 0 Å². The smallest absolute Gasteiger partial charge is 0.283 e. The van der Waals surface area contributed by atoms with Gasteiger partial charge in [0.25, 0.3) is 5.92 Å². The molecule has 2 saturated heterocycles. The summed E-state index contributed by atoms with van der Waals surface area (Å²) in [4.78, 5) is 27.1. The van der Waals surface area contributed by atoms with E-state index in [-0.39, 0.29) is 11.8 Å². The molecular weight excluding hydrogens is 296 g/mol. The maximum Gasteiger partial charge on any atom is 0.283 e. The summed E-state index contributed by atoms with van der Waals surface area (Å²) in [6.45, 7) is 2.03. The van der Waals surface area contributed by atoms with Gasteiger partial charge in [-0.2, -0.15) is 0 Å². The molecule has 2 amide bonds. The van der Waals surface area contributed by atoms with E-state index < -0.39 is 24.5 Å². The van der Waals surface area contributed by atoms with E-state index in [1.54, 1.807) is 9.80 Å². The highest BCUT2D eigenvalue weighted by Gasteiger charge is 2.41. The first-order chi connectivity index (χ1) is 10.3. The zero-order valence-electron chi connectivity index (χ0n) is 12.8. The van der Waals surface area contributed by atoms with Crippen molar-refractivity contribution < 1.29 is 23.5 Å². The molecule has 0 spiro atoms. The SMILES string of the molecule is CC1(C(=O)N2CCN(CC(F)(F)CO)CC2)CCC(=O)NC1. The van der Waals surface area contributed by atoms with Crippen LogP contribution in [0, 0.1) is 5.41 Å². The van der Waals surface area contributed by atoms with Gasteiger partial charge in [-0.05, 0) is 13.3 Å². The van der Waals surface area contributed by atoms with Crippen molar-refractivity contribution in [2.45, 2.75) is 25.7 Å². The molecule has 2 heterocycles. The molecule has 126 valence electrons. The Labute approximate surface area is 128 Å². The highest BCUT2D eigenvalue weighted by atomic mass is 19.3. The molecule has 1 unspecified atom stereocenters. The fourth-order valence-electron chi connectivity index (χ4n) is 2.91. The number of carbonyl (C=O) groups is 2. The topological polar surface area (TPSA) is 72.9 Å². The largest absolute Gasteiger partial charge is 0.390 e. The average molecular weight is 319 g/mol. The molecular formula is C14H23F2N3O3. The highest BCUT2D eigenvalue weighted by Crippen LogP contribution is 2.29. The number of aliphatic hydroxyl groups is 1. The predicted molar refractivity (Wildman–Crippen MR) is 75.4 cm³/mol. The molecule has 2 N–H and O–H groups in total. The molecule has 2 rings (SSSR count). The van der Waals surface area contributed by atoms with Gasteiger partial charge in [0.2, 0.25) is 11.8 Å². The van der Waals surface area contributed by atoms with Crippen LogP contribution in [-0.2, 0) is 9.59 Å². The van der Waals surface area contributed by atoms with E-state index in [2.05, 4.69) is 5.32 Å². The van der Waals surface area contributed by atoms with Crippen molar-refractivity contribution in [3.8, 4) is 0 Å². The lowest BCUT2D eigenvalue weighted by atomic mass is 9.81. The van der Waals surface area contributed by atoms with Gasteiger partial charge < -0.3 is 15.3 Å².